The molecule has 0 saturated heterocycles. The Morgan fingerprint density at radius 2 is 1.76 bits per heavy atom. The van der Waals surface area contributed by atoms with Gasteiger partial charge in [0.2, 0.25) is 0 Å². The number of nitrogens with zero attached hydrogens (tertiary/aromatic N) is 2. The van der Waals surface area contributed by atoms with E-state index < -0.39 is 0 Å². The molecule has 0 fully saturated rings. The molecule has 2 heteroatoms. The van der Waals surface area contributed by atoms with Crippen LogP contribution in [0.2, 0.25) is 0 Å². The summed E-state index contributed by atoms with van der Waals surface area (Å²) in [6, 6.07) is 19.7. The van der Waals surface area contributed by atoms with Crippen molar-refractivity contribution in [3.63, 3.8) is 0 Å². The third-order valence-electron chi connectivity index (χ3n) is 4.25. The highest BCUT2D eigenvalue weighted by atomic mass is 15.2. The summed E-state index contributed by atoms with van der Waals surface area (Å²) in [5.74, 6) is 0. The first kappa shape index (κ1) is 12.4. The number of para-hydroxylation sites is 1. The van der Waals surface area contributed by atoms with E-state index in [1.165, 1.54) is 22.2 Å². The Kier molecular flexibility index (Phi) is 2.71. The predicted octanol–water partition coefficient (Wildman–Crippen LogP) is 4.63. The SMILES string of the molecule is CC(C)N1Cc2ccccc2-c2nc3ccccc3cc21. The van der Waals surface area contributed by atoms with E-state index in [9.17, 15) is 0 Å². The van der Waals surface area contributed by atoms with E-state index in [-0.39, 0.29) is 0 Å². The Bertz CT molecular complexity index is 821. The molecular formula is C19H18N2. The highest BCUT2D eigenvalue weighted by molar-refractivity contribution is 5.91. The Balaban J connectivity index is 2.05. The second kappa shape index (κ2) is 4.59. The van der Waals surface area contributed by atoms with Crippen molar-refractivity contribution in [2.75, 3.05) is 4.90 Å². The fourth-order valence-electron chi connectivity index (χ4n) is 3.14. The molecule has 21 heavy (non-hydrogen) atoms. The number of pyridine rings is 1. The summed E-state index contributed by atoms with van der Waals surface area (Å²) in [7, 11) is 0. The van der Waals surface area contributed by atoms with Gasteiger partial charge in [0.25, 0.3) is 0 Å². The topological polar surface area (TPSA) is 16.1 Å². The average Bonchev–Trinajstić information content (AvgIpc) is 2.52. The maximum absolute atomic E-state index is 4.95. The molecule has 104 valence electrons. The molecule has 2 aromatic carbocycles. The smallest absolute Gasteiger partial charge is 0.0946 e. The van der Waals surface area contributed by atoms with E-state index in [0.717, 1.165) is 17.8 Å². The minimum atomic E-state index is 0.458. The van der Waals surface area contributed by atoms with Crippen molar-refractivity contribution in [1.29, 1.82) is 0 Å². The average molecular weight is 274 g/mol. The van der Waals surface area contributed by atoms with Crippen LogP contribution in [0, 0.1) is 0 Å². The molecule has 0 atom stereocenters. The molecule has 0 amide bonds. The molecule has 1 aliphatic heterocycles. The molecule has 0 radical (unpaired) electrons. The largest absolute Gasteiger partial charge is 0.363 e. The fourth-order valence-corrected chi connectivity index (χ4v) is 3.14. The second-order valence-corrected chi connectivity index (χ2v) is 5.93. The van der Waals surface area contributed by atoms with Crippen LogP contribution in [0.4, 0.5) is 5.69 Å². The second-order valence-electron chi connectivity index (χ2n) is 5.93. The number of hydrogen-bond donors (Lipinski definition) is 0. The molecular weight excluding hydrogens is 256 g/mol. The van der Waals surface area contributed by atoms with Gasteiger partial charge in [-0.2, -0.15) is 0 Å². The summed E-state index contributed by atoms with van der Waals surface area (Å²) in [4.78, 5) is 7.39. The van der Waals surface area contributed by atoms with Crippen LogP contribution in [0.5, 0.6) is 0 Å². The van der Waals surface area contributed by atoms with Crippen LogP contribution in [0.1, 0.15) is 19.4 Å². The Morgan fingerprint density at radius 3 is 2.62 bits per heavy atom. The van der Waals surface area contributed by atoms with Crippen LogP contribution >= 0.6 is 0 Å². The Labute approximate surface area is 125 Å². The van der Waals surface area contributed by atoms with Gasteiger partial charge in [0, 0.05) is 23.5 Å². The monoisotopic (exact) mass is 274 g/mol. The van der Waals surface area contributed by atoms with Crippen LogP contribution in [-0.2, 0) is 6.54 Å². The van der Waals surface area contributed by atoms with Crippen molar-refractivity contribution in [2.24, 2.45) is 0 Å². The number of hydrogen-bond acceptors (Lipinski definition) is 2. The molecule has 4 rings (SSSR count). The van der Waals surface area contributed by atoms with Gasteiger partial charge in [-0.05, 0) is 31.5 Å². The molecule has 1 aliphatic rings. The van der Waals surface area contributed by atoms with E-state index in [4.69, 9.17) is 4.98 Å². The molecule has 0 bridgehead atoms. The van der Waals surface area contributed by atoms with E-state index >= 15 is 0 Å². The number of anilines is 1. The molecule has 0 spiro atoms. The van der Waals surface area contributed by atoms with Crippen molar-refractivity contribution >= 4 is 16.6 Å². The molecule has 0 aliphatic carbocycles. The molecule has 0 N–H and O–H groups in total. The third-order valence-corrected chi connectivity index (χ3v) is 4.25. The summed E-state index contributed by atoms with van der Waals surface area (Å²) in [6.45, 7) is 5.45. The fraction of sp³-hybridized carbons (Fsp3) is 0.211. The first-order chi connectivity index (χ1) is 10.2. The molecule has 1 aromatic heterocycles. The van der Waals surface area contributed by atoms with Gasteiger partial charge >= 0.3 is 0 Å². The Hall–Kier alpha value is -2.35. The maximum atomic E-state index is 4.95. The minimum absolute atomic E-state index is 0.458. The summed E-state index contributed by atoms with van der Waals surface area (Å²) in [5, 5.41) is 1.21. The molecule has 0 unspecified atom stereocenters. The maximum Gasteiger partial charge on any atom is 0.0946 e. The standard InChI is InChI=1S/C19H18N2/c1-13(2)21-12-15-8-3-5-9-16(15)19-18(21)11-14-7-4-6-10-17(14)20-19/h3-11,13H,12H2,1-2H3. The lowest BCUT2D eigenvalue weighted by atomic mass is 9.95. The lowest BCUT2D eigenvalue weighted by Crippen LogP contribution is -2.33. The summed E-state index contributed by atoms with van der Waals surface area (Å²) in [6.07, 6.45) is 0. The van der Waals surface area contributed by atoms with Crippen molar-refractivity contribution in [1.82, 2.24) is 4.98 Å². The zero-order valence-electron chi connectivity index (χ0n) is 12.4. The number of rotatable bonds is 1. The number of benzene rings is 2. The van der Waals surface area contributed by atoms with Gasteiger partial charge in [-0.3, -0.25) is 0 Å². The van der Waals surface area contributed by atoms with Crippen LogP contribution in [0.15, 0.2) is 54.6 Å². The highest BCUT2D eigenvalue weighted by Gasteiger charge is 2.25. The molecule has 2 heterocycles. The minimum Gasteiger partial charge on any atom is -0.363 e. The van der Waals surface area contributed by atoms with Gasteiger partial charge < -0.3 is 4.90 Å². The highest BCUT2D eigenvalue weighted by Crippen LogP contribution is 2.40. The van der Waals surface area contributed by atoms with E-state index in [2.05, 4.69) is 73.3 Å². The predicted molar refractivity (Wildman–Crippen MR) is 88.5 cm³/mol. The lowest BCUT2D eigenvalue weighted by molar-refractivity contribution is 0.677. The first-order valence-electron chi connectivity index (χ1n) is 7.49. The van der Waals surface area contributed by atoms with Gasteiger partial charge in [-0.25, -0.2) is 4.98 Å². The summed E-state index contributed by atoms with van der Waals surface area (Å²) < 4.78 is 0. The normalized spacial score (nSPS) is 13.4. The van der Waals surface area contributed by atoms with Crippen molar-refractivity contribution < 1.29 is 0 Å². The van der Waals surface area contributed by atoms with E-state index in [0.29, 0.717) is 6.04 Å². The third kappa shape index (κ3) is 1.90. The van der Waals surface area contributed by atoms with Gasteiger partial charge in [0.15, 0.2) is 0 Å². The molecule has 3 aromatic rings. The van der Waals surface area contributed by atoms with Crippen molar-refractivity contribution in [2.45, 2.75) is 26.4 Å². The van der Waals surface area contributed by atoms with Gasteiger partial charge in [0.1, 0.15) is 0 Å². The quantitative estimate of drug-likeness (QED) is 0.643. The van der Waals surface area contributed by atoms with E-state index in [1.54, 1.807) is 0 Å². The van der Waals surface area contributed by atoms with Crippen LogP contribution in [0.25, 0.3) is 22.2 Å². The van der Waals surface area contributed by atoms with Gasteiger partial charge in [0.05, 0.1) is 16.9 Å². The molecule has 0 saturated carbocycles. The lowest BCUT2D eigenvalue weighted by Gasteiger charge is -2.35. The van der Waals surface area contributed by atoms with Crippen LogP contribution in [-0.4, -0.2) is 11.0 Å². The zero-order valence-corrected chi connectivity index (χ0v) is 12.4. The van der Waals surface area contributed by atoms with Gasteiger partial charge in [-0.1, -0.05) is 42.5 Å². The van der Waals surface area contributed by atoms with Crippen molar-refractivity contribution in [3.05, 3.63) is 60.2 Å². The molecule has 2 nitrogen and oxygen atoms in total. The zero-order chi connectivity index (χ0) is 14.4. The van der Waals surface area contributed by atoms with E-state index in [1.807, 2.05) is 0 Å². The van der Waals surface area contributed by atoms with Crippen LogP contribution < -0.4 is 4.90 Å². The van der Waals surface area contributed by atoms with Crippen molar-refractivity contribution in [3.8, 4) is 11.3 Å². The van der Waals surface area contributed by atoms with Crippen LogP contribution in [0.3, 0.4) is 0 Å². The first-order valence-corrected chi connectivity index (χ1v) is 7.49. The summed E-state index contributed by atoms with van der Waals surface area (Å²) in [5.41, 5.74) is 6.07. The summed E-state index contributed by atoms with van der Waals surface area (Å²) >= 11 is 0. The number of aromatic nitrogens is 1. The van der Waals surface area contributed by atoms with Gasteiger partial charge in [-0.15, -0.1) is 0 Å². The Morgan fingerprint density at radius 1 is 1.00 bits per heavy atom. The number of fused-ring (bicyclic) bond motifs is 4.